The average molecular weight is 641 g/mol. The van der Waals surface area contributed by atoms with E-state index in [1.54, 1.807) is 0 Å². The first-order valence-electron chi connectivity index (χ1n) is 16.9. The summed E-state index contributed by atoms with van der Waals surface area (Å²) < 4.78 is 15.8. The minimum Gasteiger partial charge on any atom is -0.454 e. The van der Waals surface area contributed by atoms with E-state index in [-0.39, 0.29) is 0 Å². The zero-order valence-electron chi connectivity index (χ0n) is 26.9. The van der Waals surface area contributed by atoms with Crippen LogP contribution in [0.15, 0.2) is 179 Å². The largest absolute Gasteiger partial charge is 0.454 e. The Labute approximate surface area is 286 Å². The molecule has 0 amide bonds. The van der Waals surface area contributed by atoms with Gasteiger partial charge in [0.25, 0.3) is 0 Å². The number of nitrogens with zero attached hydrogens (tertiary/aromatic N) is 2. The zero-order valence-corrected chi connectivity index (χ0v) is 26.9. The highest BCUT2D eigenvalue weighted by Gasteiger charge is 2.24. The first kappa shape index (κ1) is 27.2. The lowest BCUT2D eigenvalue weighted by atomic mass is 10.1. The van der Waals surface area contributed by atoms with Crippen LogP contribution in [0, 0.1) is 0 Å². The zero-order chi connectivity index (χ0) is 32.8. The molecule has 0 aliphatic rings. The Morgan fingerprint density at radius 2 is 0.960 bits per heavy atom. The second-order valence-corrected chi connectivity index (χ2v) is 12.9. The average Bonchev–Trinajstić information content (AvgIpc) is 3.86. The highest BCUT2D eigenvalue weighted by atomic mass is 16.3. The van der Waals surface area contributed by atoms with E-state index in [1.165, 1.54) is 27.1 Å². The van der Waals surface area contributed by atoms with Gasteiger partial charge in [0, 0.05) is 49.1 Å². The Bertz CT molecular complexity index is 3000. The molecule has 0 atom stereocenters. The van der Waals surface area contributed by atoms with Gasteiger partial charge < -0.3 is 18.3 Å². The van der Waals surface area contributed by atoms with Crippen molar-refractivity contribution >= 4 is 93.5 Å². The number of furan rings is 2. The van der Waals surface area contributed by atoms with Crippen molar-refractivity contribution in [3.05, 3.63) is 170 Å². The first-order valence-corrected chi connectivity index (χ1v) is 16.9. The molecule has 0 spiro atoms. The van der Waals surface area contributed by atoms with Crippen LogP contribution in [0.5, 0.6) is 0 Å². The number of hydrogen-bond acceptors (Lipinski definition) is 3. The highest BCUT2D eigenvalue weighted by molar-refractivity contribution is 6.20. The molecule has 0 fully saturated rings. The van der Waals surface area contributed by atoms with Gasteiger partial charge >= 0.3 is 0 Å². The van der Waals surface area contributed by atoms with Crippen LogP contribution in [0.3, 0.4) is 0 Å². The minimum atomic E-state index is 0.830. The summed E-state index contributed by atoms with van der Waals surface area (Å²) in [5, 5.41) is 9.20. The molecule has 0 aliphatic heterocycles. The molecule has 50 heavy (non-hydrogen) atoms. The van der Waals surface area contributed by atoms with E-state index in [0.717, 1.165) is 72.1 Å². The van der Waals surface area contributed by atoms with E-state index >= 15 is 0 Å². The van der Waals surface area contributed by atoms with Gasteiger partial charge in [-0.3, -0.25) is 0 Å². The Hall–Kier alpha value is -6.78. The molecule has 4 heteroatoms. The summed E-state index contributed by atoms with van der Waals surface area (Å²) in [6.07, 6.45) is 0. The van der Waals surface area contributed by atoms with E-state index in [9.17, 15) is 0 Å². The van der Waals surface area contributed by atoms with Gasteiger partial charge in [-0.15, -0.1) is 0 Å². The molecule has 4 nitrogen and oxygen atoms in total. The summed E-state index contributed by atoms with van der Waals surface area (Å²) in [5.41, 5.74) is 9.72. The standard InChI is InChI=1S/C46H28N2O2/c1-2-13-30(14-3-1)48-41-28-31(25-27-33(41)36-26-24-29-12-4-5-15-32(29)44(36)48)47(39-20-10-18-37-34-16-6-8-22-42(34)49-45(37)39)40-21-11-19-38-35-17-7-9-23-43(35)50-46(38)40/h1-28H. The van der Waals surface area contributed by atoms with Crippen LogP contribution in [-0.2, 0) is 0 Å². The van der Waals surface area contributed by atoms with Crippen LogP contribution >= 0.6 is 0 Å². The van der Waals surface area contributed by atoms with Crippen molar-refractivity contribution in [3.63, 3.8) is 0 Å². The summed E-state index contributed by atoms with van der Waals surface area (Å²) in [6, 6.07) is 60.0. The van der Waals surface area contributed by atoms with Crippen molar-refractivity contribution in [2.75, 3.05) is 4.90 Å². The van der Waals surface area contributed by atoms with Crippen LogP contribution in [0.1, 0.15) is 0 Å². The molecule has 0 aliphatic carbocycles. The van der Waals surface area contributed by atoms with Crippen LogP contribution in [0.4, 0.5) is 17.1 Å². The lowest BCUT2D eigenvalue weighted by Crippen LogP contribution is -2.10. The van der Waals surface area contributed by atoms with Crippen molar-refractivity contribution in [3.8, 4) is 5.69 Å². The molecule has 0 N–H and O–H groups in total. The summed E-state index contributed by atoms with van der Waals surface area (Å²) in [5.74, 6) is 0. The fourth-order valence-corrected chi connectivity index (χ4v) is 7.98. The van der Waals surface area contributed by atoms with E-state index < -0.39 is 0 Å². The topological polar surface area (TPSA) is 34.5 Å². The predicted molar refractivity (Wildman–Crippen MR) is 208 cm³/mol. The Morgan fingerprint density at radius 1 is 0.400 bits per heavy atom. The van der Waals surface area contributed by atoms with Crippen molar-refractivity contribution < 1.29 is 8.83 Å². The molecule has 0 unspecified atom stereocenters. The molecular formula is C46H28N2O2. The number of aromatic nitrogens is 1. The molecule has 0 bridgehead atoms. The van der Waals surface area contributed by atoms with Crippen LogP contribution in [-0.4, -0.2) is 4.57 Å². The molecule has 11 aromatic rings. The molecule has 3 heterocycles. The Morgan fingerprint density at radius 3 is 1.64 bits per heavy atom. The van der Waals surface area contributed by atoms with E-state index in [1.807, 2.05) is 24.3 Å². The van der Waals surface area contributed by atoms with Crippen molar-refractivity contribution in [2.24, 2.45) is 0 Å². The van der Waals surface area contributed by atoms with Crippen LogP contribution in [0.25, 0.3) is 82.1 Å². The maximum atomic E-state index is 6.68. The second-order valence-electron chi connectivity index (χ2n) is 12.9. The lowest BCUT2D eigenvalue weighted by Gasteiger charge is -2.26. The molecule has 234 valence electrons. The summed E-state index contributed by atoms with van der Waals surface area (Å²) >= 11 is 0. The quantitative estimate of drug-likeness (QED) is 0.192. The highest BCUT2D eigenvalue weighted by Crippen LogP contribution is 2.47. The number of benzene rings is 8. The Balaban J connectivity index is 1.27. The SMILES string of the molecule is c1ccc(-n2c3cc(N(c4cccc5c4oc4ccccc45)c4cccc5c4oc4ccccc45)ccc3c3ccc4ccccc4c32)cc1. The van der Waals surface area contributed by atoms with Gasteiger partial charge in [0.15, 0.2) is 11.2 Å². The second kappa shape index (κ2) is 10.4. The molecule has 0 radical (unpaired) electrons. The van der Waals surface area contributed by atoms with Gasteiger partial charge in [0.05, 0.1) is 22.4 Å². The molecule has 3 aromatic heterocycles. The third kappa shape index (κ3) is 3.81. The molecule has 11 rings (SSSR count). The van der Waals surface area contributed by atoms with Crippen LogP contribution < -0.4 is 4.90 Å². The fourth-order valence-electron chi connectivity index (χ4n) is 7.98. The van der Waals surface area contributed by atoms with E-state index in [2.05, 4.69) is 155 Å². The number of fused-ring (bicyclic) bond motifs is 11. The first-order chi connectivity index (χ1) is 24.8. The monoisotopic (exact) mass is 640 g/mol. The van der Waals surface area contributed by atoms with Crippen molar-refractivity contribution in [1.82, 2.24) is 4.57 Å². The van der Waals surface area contributed by atoms with E-state index in [0.29, 0.717) is 0 Å². The summed E-state index contributed by atoms with van der Waals surface area (Å²) in [4.78, 5) is 2.31. The maximum absolute atomic E-state index is 6.68. The van der Waals surface area contributed by atoms with Gasteiger partial charge in [-0.2, -0.15) is 0 Å². The molecular weight excluding hydrogens is 613 g/mol. The van der Waals surface area contributed by atoms with Crippen molar-refractivity contribution in [2.45, 2.75) is 0 Å². The summed E-state index contributed by atoms with van der Waals surface area (Å²) in [7, 11) is 0. The number of para-hydroxylation sites is 5. The van der Waals surface area contributed by atoms with Gasteiger partial charge in [0.2, 0.25) is 0 Å². The Kier molecular flexibility index (Phi) is 5.63. The van der Waals surface area contributed by atoms with E-state index in [4.69, 9.17) is 8.83 Å². The maximum Gasteiger partial charge on any atom is 0.159 e. The number of anilines is 3. The van der Waals surface area contributed by atoms with Gasteiger partial charge in [-0.1, -0.05) is 121 Å². The third-order valence-corrected chi connectivity index (χ3v) is 10.2. The van der Waals surface area contributed by atoms with Gasteiger partial charge in [-0.25, -0.2) is 0 Å². The smallest absolute Gasteiger partial charge is 0.159 e. The minimum absolute atomic E-state index is 0.830. The molecule has 0 saturated carbocycles. The summed E-state index contributed by atoms with van der Waals surface area (Å²) in [6.45, 7) is 0. The normalized spacial score (nSPS) is 12.0. The van der Waals surface area contributed by atoms with Crippen molar-refractivity contribution in [1.29, 1.82) is 0 Å². The number of rotatable bonds is 4. The van der Waals surface area contributed by atoms with Crippen LogP contribution in [0.2, 0.25) is 0 Å². The third-order valence-electron chi connectivity index (χ3n) is 10.2. The lowest BCUT2D eigenvalue weighted by molar-refractivity contribution is 0.666. The van der Waals surface area contributed by atoms with Gasteiger partial charge in [0.1, 0.15) is 11.2 Å². The molecule has 0 saturated heterocycles. The number of hydrogen-bond donors (Lipinski definition) is 0. The predicted octanol–water partition coefficient (Wildman–Crippen LogP) is 13.2. The van der Waals surface area contributed by atoms with Gasteiger partial charge in [-0.05, 0) is 53.9 Å². The fraction of sp³-hybridized carbons (Fsp3) is 0. The molecule has 8 aromatic carbocycles.